The highest BCUT2D eigenvalue weighted by Gasteiger charge is 2.34. The number of para-hydroxylation sites is 1. The molecule has 5 aromatic rings. The predicted octanol–water partition coefficient (Wildman–Crippen LogP) is 5.56. The average Bonchev–Trinajstić information content (AvgIpc) is 2.93. The van der Waals surface area contributed by atoms with Gasteiger partial charge in [-0.1, -0.05) is 60.7 Å². The summed E-state index contributed by atoms with van der Waals surface area (Å²) in [6.45, 7) is 0.467. The predicted molar refractivity (Wildman–Crippen MR) is 145 cm³/mol. The third-order valence-corrected chi connectivity index (χ3v) is 7.20. The van der Waals surface area contributed by atoms with E-state index >= 15 is 0 Å². The third kappa shape index (κ3) is 4.63. The van der Waals surface area contributed by atoms with E-state index in [1.807, 2.05) is 48.5 Å². The van der Waals surface area contributed by atoms with E-state index in [0.29, 0.717) is 18.8 Å². The van der Waals surface area contributed by atoms with Crippen LogP contribution in [0.3, 0.4) is 0 Å². The van der Waals surface area contributed by atoms with Gasteiger partial charge in [-0.2, -0.15) is 4.73 Å². The van der Waals surface area contributed by atoms with Crippen LogP contribution in [0.5, 0.6) is 5.75 Å². The van der Waals surface area contributed by atoms with Crippen LogP contribution in [0.4, 0.5) is 0 Å². The fourth-order valence-corrected chi connectivity index (χ4v) is 4.86. The Kier molecular flexibility index (Phi) is 6.02. The topological polar surface area (TPSA) is 88.0 Å². The summed E-state index contributed by atoms with van der Waals surface area (Å²) >= 11 is 0. The standard InChI is InChI=1S/C31H28N4O2/c32-31(17-5-18-31)25-12-10-24(11-13-25)28-29(23-6-2-1-3-7-23)34-30-26(33-28)8-4-9-27(30)37-21-16-22-14-19-35(36)20-15-22/h1-4,6-15,19-20H,5,16-18,21,32H2. The monoisotopic (exact) mass is 488 g/mol. The minimum atomic E-state index is -0.196. The zero-order valence-corrected chi connectivity index (χ0v) is 20.5. The van der Waals surface area contributed by atoms with Crippen LogP contribution in [-0.4, -0.2) is 16.6 Å². The largest absolute Gasteiger partial charge is 0.619 e. The van der Waals surface area contributed by atoms with Crippen molar-refractivity contribution in [1.82, 2.24) is 9.97 Å². The van der Waals surface area contributed by atoms with Gasteiger partial charge in [0.1, 0.15) is 11.3 Å². The highest BCUT2D eigenvalue weighted by Crippen LogP contribution is 2.40. The molecule has 0 amide bonds. The first-order valence-electron chi connectivity index (χ1n) is 12.7. The van der Waals surface area contributed by atoms with Gasteiger partial charge >= 0.3 is 0 Å². The maximum absolute atomic E-state index is 11.3. The summed E-state index contributed by atoms with van der Waals surface area (Å²) in [6, 6.07) is 28.1. The lowest BCUT2D eigenvalue weighted by Gasteiger charge is -2.38. The Morgan fingerprint density at radius 3 is 2.22 bits per heavy atom. The van der Waals surface area contributed by atoms with E-state index in [4.69, 9.17) is 20.4 Å². The summed E-state index contributed by atoms with van der Waals surface area (Å²) in [5, 5.41) is 11.3. The number of ether oxygens (including phenoxy) is 1. The molecule has 2 heterocycles. The van der Waals surface area contributed by atoms with E-state index in [1.54, 1.807) is 0 Å². The molecule has 184 valence electrons. The third-order valence-electron chi connectivity index (χ3n) is 7.20. The first-order chi connectivity index (χ1) is 18.1. The van der Waals surface area contributed by atoms with Crippen molar-refractivity contribution < 1.29 is 9.47 Å². The molecule has 2 N–H and O–H groups in total. The molecule has 6 nitrogen and oxygen atoms in total. The molecule has 3 aromatic carbocycles. The van der Waals surface area contributed by atoms with E-state index < -0.39 is 0 Å². The molecule has 1 aliphatic carbocycles. The molecule has 0 saturated heterocycles. The fourth-order valence-electron chi connectivity index (χ4n) is 4.86. The van der Waals surface area contributed by atoms with Gasteiger partial charge in [-0.05, 0) is 42.5 Å². The second-order valence-corrected chi connectivity index (χ2v) is 9.66. The van der Waals surface area contributed by atoms with Gasteiger partial charge in [0, 0.05) is 35.2 Å². The van der Waals surface area contributed by atoms with E-state index in [1.165, 1.54) is 24.4 Å². The SMILES string of the molecule is NC1(c2ccc(-c3nc4cccc(OCCc5cc[n+]([O-])cc5)c4nc3-c3ccccc3)cc2)CCC1. The maximum atomic E-state index is 11.3. The van der Waals surface area contributed by atoms with Gasteiger partial charge in [0.2, 0.25) is 0 Å². The molecule has 1 fully saturated rings. The minimum absolute atomic E-state index is 0.196. The molecular weight excluding hydrogens is 460 g/mol. The van der Waals surface area contributed by atoms with Gasteiger partial charge in [-0.25, -0.2) is 9.97 Å². The normalized spacial score (nSPS) is 14.3. The van der Waals surface area contributed by atoms with Gasteiger partial charge < -0.3 is 15.7 Å². The lowest BCUT2D eigenvalue weighted by atomic mass is 9.72. The molecule has 0 unspecified atom stereocenters. The van der Waals surface area contributed by atoms with Crippen molar-refractivity contribution in [3.05, 3.63) is 114 Å². The average molecular weight is 489 g/mol. The zero-order valence-electron chi connectivity index (χ0n) is 20.5. The Morgan fingerprint density at radius 2 is 1.51 bits per heavy atom. The quantitative estimate of drug-likeness (QED) is 0.239. The number of hydrogen-bond acceptors (Lipinski definition) is 5. The van der Waals surface area contributed by atoms with Gasteiger partial charge in [0.05, 0.1) is 23.5 Å². The van der Waals surface area contributed by atoms with Crippen LogP contribution < -0.4 is 15.2 Å². The van der Waals surface area contributed by atoms with Crippen molar-refractivity contribution in [2.24, 2.45) is 5.73 Å². The van der Waals surface area contributed by atoms with Crippen LogP contribution in [0.2, 0.25) is 0 Å². The number of fused-ring (bicyclic) bond motifs is 1. The summed E-state index contributed by atoms with van der Waals surface area (Å²) < 4.78 is 6.94. The summed E-state index contributed by atoms with van der Waals surface area (Å²) in [5.74, 6) is 0.689. The van der Waals surface area contributed by atoms with Crippen molar-refractivity contribution >= 4 is 11.0 Å². The lowest BCUT2D eigenvalue weighted by Crippen LogP contribution is -2.43. The molecule has 2 aromatic heterocycles. The Hall–Kier alpha value is -4.29. The van der Waals surface area contributed by atoms with E-state index in [-0.39, 0.29) is 5.54 Å². The van der Waals surface area contributed by atoms with Crippen LogP contribution in [0, 0.1) is 5.21 Å². The summed E-state index contributed by atoms with van der Waals surface area (Å²) in [4.78, 5) is 10.2. The number of benzene rings is 3. The molecule has 0 radical (unpaired) electrons. The first-order valence-corrected chi connectivity index (χ1v) is 12.7. The van der Waals surface area contributed by atoms with Gasteiger partial charge in [0.15, 0.2) is 12.4 Å². The second kappa shape index (κ2) is 9.64. The van der Waals surface area contributed by atoms with Gasteiger partial charge in [0.25, 0.3) is 0 Å². The van der Waals surface area contributed by atoms with Crippen molar-refractivity contribution in [3.8, 4) is 28.3 Å². The van der Waals surface area contributed by atoms with E-state index in [9.17, 15) is 5.21 Å². The van der Waals surface area contributed by atoms with Crippen molar-refractivity contribution in [3.63, 3.8) is 0 Å². The van der Waals surface area contributed by atoms with Crippen molar-refractivity contribution in [1.29, 1.82) is 0 Å². The summed E-state index contributed by atoms with van der Waals surface area (Å²) in [7, 11) is 0. The smallest absolute Gasteiger partial charge is 0.180 e. The van der Waals surface area contributed by atoms with Crippen LogP contribution in [-0.2, 0) is 12.0 Å². The highest BCUT2D eigenvalue weighted by atomic mass is 16.5. The number of nitrogens with two attached hydrogens (primary N) is 1. The van der Waals surface area contributed by atoms with Crippen LogP contribution in [0.25, 0.3) is 33.5 Å². The molecule has 37 heavy (non-hydrogen) atoms. The molecule has 6 rings (SSSR count). The summed E-state index contributed by atoms with van der Waals surface area (Å²) in [6.07, 6.45) is 6.93. The fraction of sp³-hybridized carbons (Fsp3) is 0.194. The second-order valence-electron chi connectivity index (χ2n) is 9.66. The Bertz CT molecular complexity index is 1530. The van der Waals surface area contributed by atoms with Gasteiger partial charge in [-0.15, -0.1) is 0 Å². The molecule has 0 atom stereocenters. The Morgan fingerprint density at radius 1 is 0.811 bits per heavy atom. The Labute approximate surface area is 216 Å². The molecule has 0 spiro atoms. The molecule has 1 aliphatic rings. The number of nitrogens with zero attached hydrogens (tertiary/aromatic N) is 3. The van der Waals surface area contributed by atoms with Crippen molar-refractivity contribution in [2.75, 3.05) is 6.61 Å². The van der Waals surface area contributed by atoms with Crippen LogP contribution >= 0.6 is 0 Å². The number of aromatic nitrogens is 3. The minimum Gasteiger partial charge on any atom is -0.619 e. The molecule has 0 bridgehead atoms. The number of hydrogen-bond donors (Lipinski definition) is 1. The van der Waals surface area contributed by atoms with Crippen molar-refractivity contribution in [2.45, 2.75) is 31.2 Å². The number of rotatable bonds is 7. The zero-order chi connectivity index (χ0) is 25.2. The van der Waals surface area contributed by atoms with E-state index in [0.717, 1.165) is 56.7 Å². The molecule has 6 heteroatoms. The van der Waals surface area contributed by atoms with E-state index in [2.05, 4.69) is 36.4 Å². The number of pyridine rings is 1. The molecule has 1 saturated carbocycles. The molecular formula is C31H28N4O2. The molecule has 0 aliphatic heterocycles. The summed E-state index contributed by atoms with van der Waals surface area (Å²) in [5.41, 5.74) is 13.7. The van der Waals surface area contributed by atoms with Crippen LogP contribution in [0.1, 0.15) is 30.4 Å². The maximum Gasteiger partial charge on any atom is 0.180 e. The Balaban J connectivity index is 1.37. The van der Waals surface area contributed by atoms with Crippen LogP contribution in [0.15, 0.2) is 97.3 Å². The first kappa shape index (κ1) is 23.1. The lowest BCUT2D eigenvalue weighted by molar-refractivity contribution is -0.605. The highest BCUT2D eigenvalue weighted by molar-refractivity contribution is 5.89. The van der Waals surface area contributed by atoms with Gasteiger partial charge in [-0.3, -0.25) is 0 Å².